The van der Waals surface area contributed by atoms with Gasteiger partial charge in [-0.15, -0.1) is 0 Å². The third-order valence-corrected chi connectivity index (χ3v) is 4.67. The summed E-state index contributed by atoms with van der Waals surface area (Å²) in [6.45, 7) is 0.936. The highest BCUT2D eigenvalue weighted by atomic mass is 35.5. The number of hydrogen-bond acceptors (Lipinski definition) is 2. The van der Waals surface area contributed by atoms with Crippen LogP contribution in [0.5, 0.6) is 0 Å². The normalized spacial score (nSPS) is 23.2. The molecule has 0 heterocycles. The molecule has 0 spiro atoms. The lowest BCUT2D eigenvalue weighted by Crippen LogP contribution is -2.43. The number of amides is 2. The number of benzene rings is 1. The summed E-state index contributed by atoms with van der Waals surface area (Å²) in [5, 5.41) is 12.8. The first-order valence-electron chi connectivity index (χ1n) is 8.12. The van der Waals surface area contributed by atoms with Crippen LogP contribution in [0.4, 0.5) is 4.79 Å². The molecule has 0 aromatic heterocycles. The fraction of sp³-hybridized carbons (Fsp3) is 0.588. The van der Waals surface area contributed by atoms with E-state index in [0.717, 1.165) is 43.7 Å². The van der Waals surface area contributed by atoms with Crippen LogP contribution in [-0.4, -0.2) is 41.3 Å². The predicted octanol–water partition coefficient (Wildman–Crippen LogP) is 3.14. The standard InChI is InChI=1S/C17H23ClN2O2/c18-13-5-3-4-12(10-13)15-11-16(15)19-17(22)20(14-6-7-14)8-1-2-9-21/h3-5,10,14-16,21H,1-2,6-9,11H2,(H,19,22). The van der Waals surface area contributed by atoms with Crippen LogP contribution in [0.1, 0.15) is 43.6 Å². The maximum Gasteiger partial charge on any atom is 0.317 e. The zero-order valence-electron chi connectivity index (χ0n) is 12.7. The lowest BCUT2D eigenvalue weighted by molar-refractivity contribution is 0.190. The number of halogens is 1. The van der Waals surface area contributed by atoms with Crippen LogP contribution in [0, 0.1) is 0 Å². The van der Waals surface area contributed by atoms with Crippen molar-refractivity contribution in [2.45, 2.75) is 50.1 Å². The van der Waals surface area contributed by atoms with E-state index in [4.69, 9.17) is 16.7 Å². The number of nitrogens with zero attached hydrogens (tertiary/aromatic N) is 1. The van der Waals surface area contributed by atoms with E-state index in [1.54, 1.807) is 0 Å². The summed E-state index contributed by atoms with van der Waals surface area (Å²) in [7, 11) is 0. The van der Waals surface area contributed by atoms with Crippen molar-refractivity contribution in [2.24, 2.45) is 0 Å². The van der Waals surface area contributed by atoms with Crippen LogP contribution in [-0.2, 0) is 0 Å². The summed E-state index contributed by atoms with van der Waals surface area (Å²) in [5.41, 5.74) is 1.20. The van der Waals surface area contributed by atoms with Gasteiger partial charge >= 0.3 is 6.03 Å². The first kappa shape index (κ1) is 15.6. The van der Waals surface area contributed by atoms with Crippen LogP contribution in [0.25, 0.3) is 0 Å². The van der Waals surface area contributed by atoms with Gasteiger partial charge < -0.3 is 15.3 Å². The minimum absolute atomic E-state index is 0.0509. The Bertz CT molecular complexity index is 533. The van der Waals surface area contributed by atoms with Gasteiger partial charge in [0, 0.05) is 36.2 Å². The first-order chi connectivity index (χ1) is 10.7. The number of hydrogen-bond donors (Lipinski definition) is 2. The van der Waals surface area contributed by atoms with Crippen LogP contribution in [0.15, 0.2) is 24.3 Å². The Kier molecular flexibility index (Phi) is 4.89. The average molecular weight is 323 g/mol. The molecule has 0 bridgehead atoms. The fourth-order valence-electron chi connectivity index (χ4n) is 2.93. The Morgan fingerprint density at radius 1 is 1.36 bits per heavy atom. The number of carbonyl (C=O) groups excluding carboxylic acids is 1. The van der Waals surface area contributed by atoms with Gasteiger partial charge in [-0.1, -0.05) is 23.7 Å². The average Bonchev–Trinajstić information content (AvgIpc) is 3.38. The van der Waals surface area contributed by atoms with Crippen molar-refractivity contribution >= 4 is 17.6 Å². The molecule has 1 aromatic carbocycles. The summed E-state index contributed by atoms with van der Waals surface area (Å²) in [4.78, 5) is 14.4. The van der Waals surface area contributed by atoms with E-state index in [0.29, 0.717) is 12.0 Å². The molecule has 4 nitrogen and oxygen atoms in total. The molecule has 2 atom stereocenters. The summed E-state index contributed by atoms with van der Waals surface area (Å²) < 4.78 is 0. The first-order valence-corrected chi connectivity index (χ1v) is 8.50. The molecule has 0 aliphatic heterocycles. The van der Waals surface area contributed by atoms with E-state index in [1.165, 1.54) is 5.56 Å². The quantitative estimate of drug-likeness (QED) is 0.758. The highest BCUT2D eigenvalue weighted by molar-refractivity contribution is 6.30. The Hall–Kier alpha value is -1.26. The molecule has 2 fully saturated rings. The van der Waals surface area contributed by atoms with Gasteiger partial charge in [-0.25, -0.2) is 4.79 Å². The Morgan fingerprint density at radius 2 is 2.18 bits per heavy atom. The molecule has 120 valence electrons. The van der Waals surface area contributed by atoms with Crippen molar-refractivity contribution in [3.8, 4) is 0 Å². The second-order valence-corrected chi connectivity index (χ2v) is 6.74. The largest absolute Gasteiger partial charge is 0.396 e. The van der Waals surface area contributed by atoms with Crippen molar-refractivity contribution in [1.29, 1.82) is 0 Å². The molecule has 0 saturated heterocycles. The second-order valence-electron chi connectivity index (χ2n) is 6.31. The number of urea groups is 1. The van der Waals surface area contributed by atoms with Gasteiger partial charge in [-0.05, 0) is 49.8 Å². The summed E-state index contributed by atoms with van der Waals surface area (Å²) in [6, 6.07) is 8.57. The summed E-state index contributed by atoms with van der Waals surface area (Å²) in [5.74, 6) is 0.390. The zero-order chi connectivity index (χ0) is 15.5. The van der Waals surface area contributed by atoms with Crippen LogP contribution < -0.4 is 5.32 Å². The molecule has 2 aliphatic rings. The molecule has 1 aromatic rings. The number of unbranched alkanes of at least 4 members (excludes halogenated alkanes) is 1. The molecule has 2 saturated carbocycles. The molecule has 22 heavy (non-hydrogen) atoms. The fourth-order valence-corrected chi connectivity index (χ4v) is 3.13. The van der Waals surface area contributed by atoms with E-state index in [2.05, 4.69) is 11.4 Å². The maximum atomic E-state index is 12.4. The van der Waals surface area contributed by atoms with Crippen LogP contribution in [0.3, 0.4) is 0 Å². The predicted molar refractivity (Wildman–Crippen MR) is 87.2 cm³/mol. The van der Waals surface area contributed by atoms with Crippen molar-refractivity contribution in [3.63, 3.8) is 0 Å². The van der Waals surface area contributed by atoms with E-state index < -0.39 is 0 Å². The number of aliphatic hydroxyl groups is 1. The lowest BCUT2D eigenvalue weighted by Gasteiger charge is -2.23. The van der Waals surface area contributed by atoms with Crippen LogP contribution in [0.2, 0.25) is 5.02 Å². The summed E-state index contributed by atoms with van der Waals surface area (Å²) >= 11 is 6.03. The molecule has 2 unspecified atom stereocenters. The van der Waals surface area contributed by atoms with E-state index in [-0.39, 0.29) is 18.7 Å². The summed E-state index contributed by atoms with van der Waals surface area (Å²) in [6.07, 6.45) is 4.82. The lowest BCUT2D eigenvalue weighted by atomic mass is 10.1. The van der Waals surface area contributed by atoms with E-state index in [1.807, 2.05) is 23.1 Å². The van der Waals surface area contributed by atoms with Crippen LogP contribution >= 0.6 is 11.6 Å². The second kappa shape index (κ2) is 6.88. The molecular weight excluding hydrogens is 300 g/mol. The number of aliphatic hydroxyl groups excluding tert-OH is 1. The smallest absolute Gasteiger partial charge is 0.317 e. The van der Waals surface area contributed by atoms with Gasteiger partial charge in [0.05, 0.1) is 0 Å². The number of carbonyl (C=O) groups is 1. The molecular formula is C17H23ClN2O2. The topological polar surface area (TPSA) is 52.6 Å². The highest BCUT2D eigenvalue weighted by Crippen LogP contribution is 2.41. The van der Waals surface area contributed by atoms with Crippen molar-refractivity contribution in [3.05, 3.63) is 34.9 Å². The third-order valence-electron chi connectivity index (χ3n) is 4.43. The minimum atomic E-state index is 0.0509. The highest BCUT2D eigenvalue weighted by Gasteiger charge is 2.41. The molecule has 3 rings (SSSR count). The molecule has 2 amide bonds. The van der Waals surface area contributed by atoms with Gasteiger partial charge in [-0.3, -0.25) is 0 Å². The Labute approximate surface area is 136 Å². The Morgan fingerprint density at radius 3 is 2.86 bits per heavy atom. The number of nitrogens with one attached hydrogen (secondary N) is 1. The Balaban J connectivity index is 1.51. The van der Waals surface area contributed by atoms with Gasteiger partial charge in [0.25, 0.3) is 0 Å². The van der Waals surface area contributed by atoms with Gasteiger partial charge in [-0.2, -0.15) is 0 Å². The van der Waals surface area contributed by atoms with Gasteiger partial charge in [0.2, 0.25) is 0 Å². The van der Waals surface area contributed by atoms with E-state index >= 15 is 0 Å². The molecule has 2 aliphatic carbocycles. The number of rotatable bonds is 7. The van der Waals surface area contributed by atoms with E-state index in [9.17, 15) is 4.79 Å². The minimum Gasteiger partial charge on any atom is -0.396 e. The van der Waals surface area contributed by atoms with Gasteiger partial charge in [0.1, 0.15) is 0 Å². The molecule has 5 heteroatoms. The van der Waals surface area contributed by atoms with Crippen molar-refractivity contribution < 1.29 is 9.90 Å². The zero-order valence-corrected chi connectivity index (χ0v) is 13.4. The van der Waals surface area contributed by atoms with Gasteiger partial charge in [0.15, 0.2) is 0 Å². The monoisotopic (exact) mass is 322 g/mol. The SMILES string of the molecule is O=C(NC1CC1c1cccc(Cl)c1)N(CCCCO)C1CC1. The molecule has 0 radical (unpaired) electrons. The van der Waals surface area contributed by atoms with Crippen molar-refractivity contribution in [2.75, 3.05) is 13.2 Å². The third kappa shape index (κ3) is 3.93. The maximum absolute atomic E-state index is 12.4. The van der Waals surface area contributed by atoms with Crippen molar-refractivity contribution in [1.82, 2.24) is 10.2 Å². The molecule has 2 N–H and O–H groups in total.